The van der Waals surface area contributed by atoms with Gasteiger partial charge in [0.15, 0.2) is 5.78 Å². The third-order valence-electron chi connectivity index (χ3n) is 6.27. The summed E-state index contributed by atoms with van der Waals surface area (Å²) in [6, 6.07) is 14.5. The standard InChI is InChI=1S/C28H26F4N2O2/c1-33-13-15-34(16-14-33)26-11-6-21(19-3-8-22(9-4-19)28(30,31)32)17-24(26)27(35)12-7-20-5-10-23(36-2)18-25(20)29/h3-12,17-18H,13-16H2,1-2H3/b12-7+. The molecule has 0 atom stereocenters. The van der Waals surface area contributed by atoms with E-state index in [4.69, 9.17) is 4.74 Å². The minimum Gasteiger partial charge on any atom is -0.497 e. The molecule has 0 radical (unpaired) electrons. The van der Waals surface area contributed by atoms with E-state index in [9.17, 15) is 22.4 Å². The number of likely N-dealkylation sites (N-methyl/N-ethyl adjacent to an activating group) is 1. The van der Waals surface area contributed by atoms with Gasteiger partial charge in [-0.1, -0.05) is 18.2 Å². The first kappa shape index (κ1) is 25.4. The zero-order valence-corrected chi connectivity index (χ0v) is 20.0. The van der Waals surface area contributed by atoms with Crippen LogP contribution in [0.15, 0.2) is 66.7 Å². The lowest BCUT2D eigenvalue weighted by molar-refractivity contribution is -0.137. The zero-order valence-electron chi connectivity index (χ0n) is 20.0. The number of carbonyl (C=O) groups is 1. The predicted molar refractivity (Wildman–Crippen MR) is 133 cm³/mol. The second kappa shape index (κ2) is 10.5. The van der Waals surface area contributed by atoms with Crippen LogP contribution in [-0.4, -0.2) is 51.0 Å². The van der Waals surface area contributed by atoms with Gasteiger partial charge in [0, 0.05) is 49.1 Å². The van der Waals surface area contributed by atoms with Gasteiger partial charge in [0.2, 0.25) is 0 Å². The third kappa shape index (κ3) is 5.76. The molecule has 8 heteroatoms. The quantitative estimate of drug-likeness (QED) is 0.231. The van der Waals surface area contributed by atoms with Crippen molar-refractivity contribution in [2.24, 2.45) is 0 Å². The van der Waals surface area contributed by atoms with Crippen LogP contribution in [0.3, 0.4) is 0 Å². The zero-order chi connectivity index (χ0) is 25.9. The molecule has 0 N–H and O–H groups in total. The summed E-state index contributed by atoms with van der Waals surface area (Å²) >= 11 is 0. The van der Waals surface area contributed by atoms with Gasteiger partial charge in [-0.15, -0.1) is 0 Å². The second-order valence-corrected chi connectivity index (χ2v) is 8.68. The highest BCUT2D eigenvalue weighted by Gasteiger charge is 2.30. The lowest BCUT2D eigenvalue weighted by atomic mass is 9.97. The van der Waals surface area contributed by atoms with Gasteiger partial charge in [0.05, 0.1) is 12.7 Å². The molecule has 0 spiro atoms. The van der Waals surface area contributed by atoms with Crippen LogP contribution in [0.2, 0.25) is 0 Å². The van der Waals surface area contributed by atoms with Gasteiger partial charge in [0.1, 0.15) is 11.6 Å². The van der Waals surface area contributed by atoms with Gasteiger partial charge in [-0.2, -0.15) is 13.2 Å². The Labute approximate surface area is 207 Å². The molecule has 3 aromatic rings. The summed E-state index contributed by atoms with van der Waals surface area (Å²) in [7, 11) is 3.47. The molecule has 1 aliphatic heterocycles. The average molecular weight is 499 g/mol. The van der Waals surface area contributed by atoms with Crippen LogP contribution in [0, 0.1) is 5.82 Å². The lowest BCUT2D eigenvalue weighted by Gasteiger charge is -2.35. The molecule has 0 aromatic heterocycles. The largest absolute Gasteiger partial charge is 0.497 e. The van der Waals surface area contributed by atoms with Gasteiger partial charge in [-0.05, 0) is 66.7 Å². The molecule has 0 bridgehead atoms. The van der Waals surface area contributed by atoms with Gasteiger partial charge < -0.3 is 14.5 Å². The summed E-state index contributed by atoms with van der Waals surface area (Å²) in [6.45, 7) is 3.13. The Bertz CT molecular complexity index is 1260. The Morgan fingerprint density at radius 1 is 0.917 bits per heavy atom. The van der Waals surface area contributed by atoms with Crippen LogP contribution < -0.4 is 9.64 Å². The third-order valence-corrected chi connectivity index (χ3v) is 6.27. The van der Waals surface area contributed by atoms with E-state index < -0.39 is 17.6 Å². The fraction of sp³-hybridized carbons (Fsp3) is 0.250. The topological polar surface area (TPSA) is 32.8 Å². The van der Waals surface area contributed by atoms with E-state index in [1.54, 1.807) is 18.2 Å². The molecule has 0 unspecified atom stereocenters. The van der Waals surface area contributed by atoms with Crippen molar-refractivity contribution < 1.29 is 27.1 Å². The molecular formula is C28H26F4N2O2. The van der Waals surface area contributed by atoms with Crippen molar-refractivity contribution in [1.29, 1.82) is 0 Å². The molecule has 0 amide bonds. The van der Waals surface area contributed by atoms with Crippen LogP contribution in [-0.2, 0) is 6.18 Å². The van der Waals surface area contributed by atoms with E-state index >= 15 is 0 Å². The van der Waals surface area contributed by atoms with Crippen molar-refractivity contribution in [2.45, 2.75) is 6.18 Å². The molecule has 188 valence electrons. The number of methoxy groups -OCH3 is 1. The average Bonchev–Trinajstić information content (AvgIpc) is 2.87. The van der Waals surface area contributed by atoms with Crippen LogP contribution in [0.5, 0.6) is 5.75 Å². The number of alkyl halides is 3. The Balaban J connectivity index is 1.69. The first-order valence-electron chi connectivity index (χ1n) is 11.5. The molecule has 0 aliphatic carbocycles. The van der Waals surface area contributed by atoms with Crippen molar-refractivity contribution >= 4 is 17.5 Å². The smallest absolute Gasteiger partial charge is 0.416 e. The van der Waals surface area contributed by atoms with E-state index in [0.717, 1.165) is 44.0 Å². The Morgan fingerprint density at radius 2 is 1.58 bits per heavy atom. The summed E-state index contributed by atoms with van der Waals surface area (Å²) < 4.78 is 58.3. The Kier molecular flexibility index (Phi) is 7.45. The fourth-order valence-corrected chi connectivity index (χ4v) is 4.11. The summed E-state index contributed by atoms with van der Waals surface area (Å²) in [5.74, 6) is -0.471. The maximum atomic E-state index is 14.4. The molecule has 0 saturated carbocycles. The van der Waals surface area contributed by atoms with Gasteiger partial charge in [-0.3, -0.25) is 4.79 Å². The molecule has 1 saturated heterocycles. The van der Waals surface area contributed by atoms with Gasteiger partial charge in [0.25, 0.3) is 0 Å². The van der Waals surface area contributed by atoms with E-state index in [0.29, 0.717) is 22.4 Å². The summed E-state index contributed by atoms with van der Waals surface area (Å²) in [5, 5.41) is 0. The molecule has 36 heavy (non-hydrogen) atoms. The fourth-order valence-electron chi connectivity index (χ4n) is 4.11. The van der Waals surface area contributed by atoms with Crippen LogP contribution in [0.1, 0.15) is 21.5 Å². The lowest BCUT2D eigenvalue weighted by Crippen LogP contribution is -2.45. The van der Waals surface area contributed by atoms with Gasteiger partial charge in [-0.25, -0.2) is 4.39 Å². The maximum absolute atomic E-state index is 14.4. The number of anilines is 1. The number of carbonyl (C=O) groups excluding carboxylic acids is 1. The Hall–Kier alpha value is -3.65. The normalized spacial score (nSPS) is 14.9. The van der Waals surface area contributed by atoms with E-state index in [2.05, 4.69) is 9.80 Å². The van der Waals surface area contributed by atoms with Crippen molar-refractivity contribution in [3.05, 3.63) is 89.2 Å². The predicted octanol–water partition coefficient (Wildman–Crippen LogP) is 6.17. The number of halogens is 4. The molecule has 3 aromatic carbocycles. The number of hydrogen-bond donors (Lipinski definition) is 0. The molecule has 1 heterocycles. The molecule has 4 rings (SSSR count). The van der Waals surface area contributed by atoms with Crippen LogP contribution in [0.25, 0.3) is 17.2 Å². The highest BCUT2D eigenvalue weighted by atomic mass is 19.4. The van der Waals surface area contributed by atoms with E-state index in [-0.39, 0.29) is 11.3 Å². The van der Waals surface area contributed by atoms with E-state index in [1.807, 2.05) is 13.1 Å². The first-order chi connectivity index (χ1) is 17.2. The van der Waals surface area contributed by atoms with Crippen molar-refractivity contribution in [3.8, 4) is 16.9 Å². The maximum Gasteiger partial charge on any atom is 0.416 e. The summed E-state index contributed by atoms with van der Waals surface area (Å²) in [6.07, 6.45) is -1.70. The summed E-state index contributed by atoms with van der Waals surface area (Å²) in [4.78, 5) is 17.6. The highest BCUT2D eigenvalue weighted by molar-refractivity contribution is 6.11. The number of hydrogen-bond acceptors (Lipinski definition) is 4. The number of benzene rings is 3. The monoisotopic (exact) mass is 498 g/mol. The second-order valence-electron chi connectivity index (χ2n) is 8.68. The van der Waals surface area contributed by atoms with Crippen LogP contribution >= 0.6 is 0 Å². The van der Waals surface area contributed by atoms with Crippen molar-refractivity contribution in [1.82, 2.24) is 4.90 Å². The number of allylic oxidation sites excluding steroid dienone is 1. The van der Waals surface area contributed by atoms with E-state index in [1.165, 1.54) is 43.5 Å². The first-order valence-corrected chi connectivity index (χ1v) is 11.5. The number of rotatable bonds is 6. The minimum absolute atomic E-state index is 0.240. The summed E-state index contributed by atoms with van der Waals surface area (Å²) in [5.41, 5.74) is 1.83. The number of piperazine rings is 1. The number of ketones is 1. The van der Waals surface area contributed by atoms with Gasteiger partial charge >= 0.3 is 6.18 Å². The Morgan fingerprint density at radius 3 is 2.19 bits per heavy atom. The SMILES string of the molecule is COc1ccc(/C=C/C(=O)c2cc(-c3ccc(C(F)(F)F)cc3)ccc2N2CCN(C)CC2)c(F)c1. The molecular weight excluding hydrogens is 472 g/mol. The molecule has 1 fully saturated rings. The van der Waals surface area contributed by atoms with Crippen LogP contribution in [0.4, 0.5) is 23.2 Å². The minimum atomic E-state index is -4.42. The van der Waals surface area contributed by atoms with Crippen molar-refractivity contribution in [3.63, 3.8) is 0 Å². The molecule has 4 nitrogen and oxygen atoms in total. The number of nitrogens with zero attached hydrogens (tertiary/aromatic N) is 2. The number of ether oxygens (including phenoxy) is 1. The molecule has 1 aliphatic rings. The highest BCUT2D eigenvalue weighted by Crippen LogP contribution is 2.33. The van der Waals surface area contributed by atoms with Crippen molar-refractivity contribution in [2.75, 3.05) is 45.2 Å².